The molecule has 1 N–H and O–H groups in total. The average molecular weight is 214 g/mol. The Morgan fingerprint density at radius 2 is 1.93 bits per heavy atom. The topological polar surface area (TPSA) is 80.7 Å². The number of carboxylic acids is 1. The Bertz CT molecular complexity index is 292. The van der Waals surface area contributed by atoms with Crippen LogP contribution in [0.15, 0.2) is 12.2 Å². The average Bonchev–Trinajstić information content (AvgIpc) is 2.14. The van der Waals surface area contributed by atoms with Gasteiger partial charge in [-0.2, -0.15) is 0 Å². The van der Waals surface area contributed by atoms with Crippen LogP contribution in [0.4, 0.5) is 0 Å². The zero-order chi connectivity index (χ0) is 12.0. The fourth-order valence-corrected chi connectivity index (χ4v) is 0.925. The van der Waals surface area contributed by atoms with E-state index in [1.807, 2.05) is 0 Å². The second kappa shape index (κ2) is 5.95. The second-order valence-corrected chi connectivity index (χ2v) is 3.02. The molecule has 0 aromatic heterocycles. The van der Waals surface area contributed by atoms with Gasteiger partial charge in [0.2, 0.25) is 0 Å². The van der Waals surface area contributed by atoms with Crippen LogP contribution in [-0.2, 0) is 19.1 Å². The van der Waals surface area contributed by atoms with Crippen LogP contribution in [0.5, 0.6) is 0 Å². The largest absolute Gasteiger partial charge is 0.478 e. The van der Waals surface area contributed by atoms with Crippen LogP contribution in [0.25, 0.3) is 0 Å². The molecule has 0 rings (SSSR count). The number of ether oxygens (including phenoxy) is 1. The lowest BCUT2D eigenvalue weighted by Crippen LogP contribution is -2.25. The zero-order valence-electron chi connectivity index (χ0n) is 8.78. The highest BCUT2D eigenvalue weighted by Crippen LogP contribution is 2.11. The highest BCUT2D eigenvalue weighted by molar-refractivity contribution is 5.89. The molecule has 1 atom stereocenters. The number of aliphatic carboxylic acids is 1. The molecular formula is C10H14O5. The summed E-state index contributed by atoms with van der Waals surface area (Å²) >= 11 is 0. The monoisotopic (exact) mass is 214 g/mol. The van der Waals surface area contributed by atoms with Gasteiger partial charge in [-0.1, -0.05) is 13.5 Å². The molecule has 0 bridgehead atoms. The van der Waals surface area contributed by atoms with E-state index in [1.165, 1.54) is 0 Å². The highest BCUT2D eigenvalue weighted by Gasteiger charge is 2.23. The summed E-state index contributed by atoms with van der Waals surface area (Å²) in [5.41, 5.74) is -0.285. The molecule has 0 aliphatic rings. The number of hydrogen-bond donors (Lipinski definition) is 1. The molecule has 0 radical (unpaired) electrons. The Morgan fingerprint density at radius 1 is 1.40 bits per heavy atom. The van der Waals surface area contributed by atoms with E-state index in [-0.39, 0.29) is 24.2 Å². The van der Waals surface area contributed by atoms with E-state index < -0.39 is 18.0 Å². The summed E-state index contributed by atoms with van der Waals surface area (Å²) in [6, 6.07) is 0. The molecular weight excluding hydrogens is 200 g/mol. The predicted octanol–water partition coefficient (Wildman–Crippen LogP) is 0.928. The number of hydrogen-bond acceptors (Lipinski definition) is 4. The van der Waals surface area contributed by atoms with Crippen LogP contribution in [0.3, 0.4) is 0 Å². The molecule has 0 heterocycles. The maximum absolute atomic E-state index is 11.1. The maximum atomic E-state index is 11.1. The first-order chi connectivity index (χ1) is 6.88. The fourth-order valence-electron chi connectivity index (χ4n) is 0.925. The first-order valence-corrected chi connectivity index (χ1v) is 4.49. The lowest BCUT2D eigenvalue weighted by atomic mass is 10.0. The van der Waals surface area contributed by atoms with Crippen LogP contribution >= 0.6 is 0 Å². The van der Waals surface area contributed by atoms with Gasteiger partial charge in [-0.25, -0.2) is 4.79 Å². The van der Waals surface area contributed by atoms with Gasteiger partial charge in [0.15, 0.2) is 0 Å². The van der Waals surface area contributed by atoms with Crippen molar-refractivity contribution in [1.82, 2.24) is 0 Å². The van der Waals surface area contributed by atoms with E-state index in [0.717, 1.165) is 6.92 Å². The minimum atomic E-state index is -1.27. The standard InChI is InChI=1S/C10H14O5/c1-4-8(12)5-9(15-7(3)11)6(2)10(13)14/h9H,2,4-5H2,1,3H3,(H,13,14). The number of Topliss-reactive ketones (excluding diaryl/α,β-unsaturated/α-hetero) is 1. The summed E-state index contributed by atoms with van der Waals surface area (Å²) in [5.74, 6) is -2.08. The van der Waals surface area contributed by atoms with E-state index in [2.05, 4.69) is 6.58 Å². The summed E-state index contributed by atoms with van der Waals surface area (Å²) in [4.78, 5) is 32.4. The Morgan fingerprint density at radius 3 is 2.27 bits per heavy atom. The first-order valence-electron chi connectivity index (χ1n) is 4.49. The van der Waals surface area contributed by atoms with Gasteiger partial charge in [0.05, 0.1) is 5.57 Å². The molecule has 1 unspecified atom stereocenters. The van der Waals surface area contributed by atoms with Crippen molar-refractivity contribution in [1.29, 1.82) is 0 Å². The third-order valence-corrected chi connectivity index (χ3v) is 1.78. The molecule has 0 fully saturated rings. The molecule has 5 nitrogen and oxygen atoms in total. The van der Waals surface area contributed by atoms with Gasteiger partial charge in [-0.3, -0.25) is 9.59 Å². The number of carbonyl (C=O) groups excluding carboxylic acids is 2. The summed E-state index contributed by atoms with van der Waals surface area (Å²) in [7, 11) is 0. The minimum Gasteiger partial charge on any atom is -0.478 e. The molecule has 0 saturated heterocycles. The van der Waals surface area contributed by atoms with Crippen molar-refractivity contribution in [3.05, 3.63) is 12.2 Å². The Balaban J connectivity index is 4.57. The molecule has 0 aliphatic carbocycles. The van der Waals surface area contributed by atoms with Gasteiger partial charge >= 0.3 is 11.9 Å². The number of rotatable bonds is 6. The Kier molecular flexibility index (Phi) is 5.30. The highest BCUT2D eigenvalue weighted by atomic mass is 16.5. The molecule has 84 valence electrons. The zero-order valence-corrected chi connectivity index (χ0v) is 8.78. The number of ketones is 1. The SMILES string of the molecule is C=C(C(=O)O)C(CC(=O)CC)OC(C)=O. The smallest absolute Gasteiger partial charge is 0.334 e. The molecule has 0 saturated carbocycles. The van der Waals surface area contributed by atoms with Crippen molar-refractivity contribution in [3.8, 4) is 0 Å². The third-order valence-electron chi connectivity index (χ3n) is 1.78. The summed E-state index contributed by atoms with van der Waals surface area (Å²) in [6.45, 7) is 6.07. The third kappa shape index (κ3) is 4.95. The van der Waals surface area contributed by atoms with Crippen molar-refractivity contribution in [3.63, 3.8) is 0 Å². The van der Waals surface area contributed by atoms with Crippen molar-refractivity contribution >= 4 is 17.7 Å². The molecule has 0 amide bonds. The van der Waals surface area contributed by atoms with Crippen LogP contribution < -0.4 is 0 Å². The summed E-state index contributed by atoms with van der Waals surface area (Å²) in [6.07, 6.45) is -0.932. The molecule has 0 aromatic rings. The van der Waals surface area contributed by atoms with Gasteiger partial charge in [0.25, 0.3) is 0 Å². The predicted molar refractivity (Wildman–Crippen MR) is 52.2 cm³/mol. The molecule has 15 heavy (non-hydrogen) atoms. The number of carbonyl (C=O) groups is 3. The fraction of sp³-hybridized carbons (Fsp3) is 0.500. The quantitative estimate of drug-likeness (QED) is 0.525. The van der Waals surface area contributed by atoms with Crippen LogP contribution in [0.1, 0.15) is 26.7 Å². The summed E-state index contributed by atoms with van der Waals surface area (Å²) < 4.78 is 4.71. The molecule has 0 aliphatic heterocycles. The second-order valence-electron chi connectivity index (χ2n) is 3.02. The van der Waals surface area contributed by atoms with Gasteiger partial charge in [0, 0.05) is 19.8 Å². The van der Waals surface area contributed by atoms with Gasteiger partial charge < -0.3 is 9.84 Å². The van der Waals surface area contributed by atoms with Crippen LogP contribution in [-0.4, -0.2) is 28.9 Å². The molecule has 5 heteroatoms. The van der Waals surface area contributed by atoms with Crippen molar-refractivity contribution in [2.24, 2.45) is 0 Å². The molecule has 0 spiro atoms. The minimum absolute atomic E-state index is 0.138. The molecule has 0 aromatic carbocycles. The Labute approximate surface area is 87.7 Å². The Hall–Kier alpha value is -1.65. The van der Waals surface area contributed by atoms with Gasteiger partial charge in [0.1, 0.15) is 11.9 Å². The van der Waals surface area contributed by atoms with E-state index in [1.54, 1.807) is 6.92 Å². The number of esters is 1. The normalized spacial score (nSPS) is 11.6. The van der Waals surface area contributed by atoms with Crippen molar-refractivity contribution in [2.75, 3.05) is 0 Å². The first kappa shape index (κ1) is 13.4. The van der Waals surface area contributed by atoms with E-state index in [4.69, 9.17) is 9.84 Å². The van der Waals surface area contributed by atoms with Crippen LogP contribution in [0.2, 0.25) is 0 Å². The number of carboxylic acid groups (broad SMARTS) is 1. The lowest BCUT2D eigenvalue weighted by molar-refractivity contribution is -0.147. The lowest BCUT2D eigenvalue weighted by Gasteiger charge is -2.15. The van der Waals surface area contributed by atoms with Crippen molar-refractivity contribution < 1.29 is 24.2 Å². The van der Waals surface area contributed by atoms with E-state index >= 15 is 0 Å². The van der Waals surface area contributed by atoms with Crippen molar-refractivity contribution in [2.45, 2.75) is 32.8 Å². The maximum Gasteiger partial charge on any atom is 0.334 e. The van der Waals surface area contributed by atoms with Gasteiger partial charge in [-0.15, -0.1) is 0 Å². The van der Waals surface area contributed by atoms with Crippen LogP contribution in [0, 0.1) is 0 Å². The van der Waals surface area contributed by atoms with E-state index in [0.29, 0.717) is 0 Å². The van der Waals surface area contributed by atoms with E-state index in [9.17, 15) is 14.4 Å². The van der Waals surface area contributed by atoms with Gasteiger partial charge in [-0.05, 0) is 0 Å². The summed E-state index contributed by atoms with van der Waals surface area (Å²) in [5, 5.41) is 8.65.